The van der Waals surface area contributed by atoms with Gasteiger partial charge < -0.3 is 10.1 Å². The van der Waals surface area contributed by atoms with Crippen LogP contribution in [0.25, 0.3) is 11.3 Å². The predicted molar refractivity (Wildman–Crippen MR) is 110 cm³/mol. The molecule has 2 aromatic heterocycles. The first-order chi connectivity index (χ1) is 14.1. The fourth-order valence-electron chi connectivity index (χ4n) is 3.11. The third-order valence-electron chi connectivity index (χ3n) is 4.69. The van der Waals surface area contributed by atoms with Crippen molar-refractivity contribution >= 4 is 12.0 Å². The minimum Gasteiger partial charge on any atom is -0.495 e. The first-order valence-corrected chi connectivity index (χ1v) is 9.44. The first-order valence-electron chi connectivity index (χ1n) is 9.44. The number of carbonyl (C=O) groups excluding carboxylic acids is 2. The van der Waals surface area contributed by atoms with Gasteiger partial charge in [0.05, 0.1) is 18.5 Å². The Kier molecular flexibility index (Phi) is 6.72. The zero-order chi connectivity index (χ0) is 20.6. The van der Waals surface area contributed by atoms with Crippen LogP contribution in [0.5, 0.6) is 5.75 Å². The molecule has 3 aromatic rings. The van der Waals surface area contributed by atoms with Crippen LogP contribution < -0.4 is 10.1 Å². The molecule has 4 rings (SSSR count). The summed E-state index contributed by atoms with van der Waals surface area (Å²) in [5, 5.41) is 3.37. The third-order valence-corrected chi connectivity index (χ3v) is 4.69. The molecule has 2 heterocycles. The number of aryl methyl sites for hydroxylation is 1. The van der Waals surface area contributed by atoms with Crippen molar-refractivity contribution in [1.29, 1.82) is 0 Å². The van der Waals surface area contributed by atoms with Crippen molar-refractivity contribution in [3.05, 3.63) is 71.5 Å². The van der Waals surface area contributed by atoms with E-state index >= 15 is 0 Å². The van der Waals surface area contributed by atoms with Crippen LogP contribution in [-0.2, 0) is 16.1 Å². The Morgan fingerprint density at radius 3 is 2.55 bits per heavy atom. The number of nitrogens with one attached hydrogen (secondary N) is 1. The standard InChI is InChI=1S/C22H23N3O.CO2/c1-15-4-3-5-16(12-15)13-23-21-11-8-18(14-24-21)19-9-10-20(26-2)22(25-19)17-6-7-17;2-1-3/h3-5,8-12,14,17H,6-7,13H2,1-2H3,(H,23,24);. The van der Waals surface area contributed by atoms with Crippen LogP contribution in [0.3, 0.4) is 0 Å². The molecule has 0 amide bonds. The molecule has 0 bridgehead atoms. The number of hydrogen-bond donors (Lipinski definition) is 1. The molecule has 1 aliphatic rings. The van der Waals surface area contributed by atoms with Gasteiger partial charge in [-0.15, -0.1) is 0 Å². The van der Waals surface area contributed by atoms with E-state index in [1.54, 1.807) is 7.11 Å². The molecule has 0 aliphatic heterocycles. The van der Waals surface area contributed by atoms with E-state index in [-0.39, 0.29) is 6.15 Å². The number of anilines is 1. The second kappa shape index (κ2) is 9.62. The molecule has 0 saturated heterocycles. The van der Waals surface area contributed by atoms with Gasteiger partial charge in [-0.3, -0.25) is 0 Å². The summed E-state index contributed by atoms with van der Waals surface area (Å²) in [6.45, 7) is 2.87. The van der Waals surface area contributed by atoms with Gasteiger partial charge in [0.25, 0.3) is 0 Å². The van der Waals surface area contributed by atoms with E-state index in [0.29, 0.717) is 5.92 Å². The van der Waals surface area contributed by atoms with Crippen LogP contribution in [0, 0.1) is 6.92 Å². The lowest BCUT2D eigenvalue weighted by molar-refractivity contribution is -0.191. The summed E-state index contributed by atoms with van der Waals surface area (Å²) >= 11 is 0. The molecule has 6 nitrogen and oxygen atoms in total. The summed E-state index contributed by atoms with van der Waals surface area (Å²) in [6.07, 6.45) is 4.53. The molecular weight excluding hydrogens is 366 g/mol. The third kappa shape index (κ3) is 5.50. The zero-order valence-corrected chi connectivity index (χ0v) is 16.5. The van der Waals surface area contributed by atoms with Gasteiger partial charge in [0.15, 0.2) is 0 Å². The molecule has 1 aromatic carbocycles. The van der Waals surface area contributed by atoms with Crippen molar-refractivity contribution in [2.75, 3.05) is 12.4 Å². The van der Waals surface area contributed by atoms with Gasteiger partial charge in [0.2, 0.25) is 0 Å². The summed E-state index contributed by atoms with van der Waals surface area (Å²) in [5.74, 6) is 2.31. The van der Waals surface area contributed by atoms with E-state index in [1.165, 1.54) is 24.0 Å². The highest BCUT2D eigenvalue weighted by Gasteiger charge is 2.28. The van der Waals surface area contributed by atoms with Crippen molar-refractivity contribution in [2.45, 2.75) is 32.2 Å². The molecule has 0 spiro atoms. The number of methoxy groups -OCH3 is 1. The summed E-state index contributed by atoms with van der Waals surface area (Å²) in [4.78, 5) is 25.6. The predicted octanol–water partition coefficient (Wildman–Crippen LogP) is 4.37. The van der Waals surface area contributed by atoms with E-state index in [0.717, 1.165) is 35.1 Å². The Balaban J connectivity index is 0.000000755. The topological polar surface area (TPSA) is 81.2 Å². The molecule has 0 unspecified atom stereocenters. The Bertz CT molecular complexity index is 993. The Labute approximate surface area is 170 Å². The van der Waals surface area contributed by atoms with E-state index in [9.17, 15) is 0 Å². The van der Waals surface area contributed by atoms with Crippen LogP contribution in [0.2, 0.25) is 0 Å². The average molecular weight is 389 g/mol. The fourth-order valence-corrected chi connectivity index (χ4v) is 3.11. The van der Waals surface area contributed by atoms with E-state index < -0.39 is 0 Å². The lowest BCUT2D eigenvalue weighted by Crippen LogP contribution is -2.01. The van der Waals surface area contributed by atoms with Crippen molar-refractivity contribution < 1.29 is 14.3 Å². The molecule has 1 saturated carbocycles. The molecule has 29 heavy (non-hydrogen) atoms. The van der Waals surface area contributed by atoms with Crippen LogP contribution in [0.4, 0.5) is 5.82 Å². The van der Waals surface area contributed by atoms with Gasteiger partial charge in [-0.1, -0.05) is 29.8 Å². The molecule has 0 radical (unpaired) electrons. The molecule has 1 aliphatic carbocycles. The second-order valence-electron chi connectivity index (χ2n) is 6.92. The van der Waals surface area contributed by atoms with E-state index in [1.807, 2.05) is 24.4 Å². The average Bonchev–Trinajstić information content (AvgIpc) is 3.58. The summed E-state index contributed by atoms with van der Waals surface area (Å²) < 4.78 is 5.45. The Hall–Kier alpha value is -3.50. The fraction of sp³-hybridized carbons (Fsp3) is 0.261. The number of aromatic nitrogens is 2. The van der Waals surface area contributed by atoms with Crippen molar-refractivity contribution in [3.8, 4) is 17.0 Å². The van der Waals surface area contributed by atoms with Gasteiger partial charge in [-0.2, -0.15) is 9.59 Å². The second-order valence-corrected chi connectivity index (χ2v) is 6.92. The summed E-state index contributed by atoms with van der Waals surface area (Å²) in [6, 6.07) is 16.6. The summed E-state index contributed by atoms with van der Waals surface area (Å²) in [5.41, 5.74) is 5.57. The molecule has 1 N–H and O–H groups in total. The number of benzene rings is 1. The monoisotopic (exact) mass is 389 g/mol. The Morgan fingerprint density at radius 1 is 1.14 bits per heavy atom. The normalized spacial score (nSPS) is 12.3. The largest absolute Gasteiger partial charge is 0.495 e. The van der Waals surface area contributed by atoms with Gasteiger partial charge in [-0.05, 0) is 49.6 Å². The highest BCUT2D eigenvalue weighted by atomic mass is 16.5. The van der Waals surface area contributed by atoms with Crippen LogP contribution >= 0.6 is 0 Å². The highest BCUT2D eigenvalue weighted by molar-refractivity contribution is 5.61. The lowest BCUT2D eigenvalue weighted by Gasteiger charge is -2.10. The van der Waals surface area contributed by atoms with E-state index in [4.69, 9.17) is 19.3 Å². The van der Waals surface area contributed by atoms with Crippen LogP contribution in [0.15, 0.2) is 54.7 Å². The molecule has 1 fully saturated rings. The van der Waals surface area contributed by atoms with Crippen LogP contribution in [0.1, 0.15) is 35.6 Å². The Morgan fingerprint density at radius 2 is 1.93 bits per heavy atom. The summed E-state index contributed by atoms with van der Waals surface area (Å²) in [7, 11) is 1.71. The maximum atomic E-state index is 8.12. The lowest BCUT2D eigenvalue weighted by atomic mass is 10.1. The number of ether oxygens (including phenoxy) is 1. The molecule has 6 heteroatoms. The molecule has 0 atom stereocenters. The maximum Gasteiger partial charge on any atom is 0.373 e. The SMILES string of the molecule is COc1ccc(-c2ccc(NCc3cccc(C)c3)nc2)nc1C1CC1.O=C=O. The number of rotatable bonds is 6. The van der Waals surface area contributed by atoms with Gasteiger partial charge in [0.1, 0.15) is 11.6 Å². The molecular formula is C23H23N3O3. The number of nitrogens with zero attached hydrogens (tertiary/aromatic N) is 2. The van der Waals surface area contributed by atoms with Gasteiger partial charge >= 0.3 is 6.15 Å². The van der Waals surface area contributed by atoms with Gasteiger partial charge in [0, 0.05) is 24.2 Å². The number of hydrogen-bond acceptors (Lipinski definition) is 6. The quantitative estimate of drug-likeness (QED) is 0.674. The number of pyridine rings is 2. The van der Waals surface area contributed by atoms with Crippen molar-refractivity contribution in [3.63, 3.8) is 0 Å². The highest BCUT2D eigenvalue weighted by Crippen LogP contribution is 2.43. The van der Waals surface area contributed by atoms with Crippen molar-refractivity contribution in [1.82, 2.24) is 9.97 Å². The zero-order valence-electron chi connectivity index (χ0n) is 16.5. The van der Waals surface area contributed by atoms with E-state index in [2.05, 4.69) is 47.6 Å². The van der Waals surface area contributed by atoms with Crippen LogP contribution in [-0.4, -0.2) is 23.2 Å². The first kappa shape index (κ1) is 20.2. The van der Waals surface area contributed by atoms with Crippen molar-refractivity contribution in [2.24, 2.45) is 0 Å². The minimum atomic E-state index is 0.250. The maximum absolute atomic E-state index is 8.12. The van der Waals surface area contributed by atoms with Gasteiger partial charge in [-0.25, -0.2) is 9.97 Å². The minimum absolute atomic E-state index is 0.250. The molecule has 148 valence electrons. The smallest absolute Gasteiger partial charge is 0.373 e.